The van der Waals surface area contributed by atoms with Crippen molar-refractivity contribution < 1.29 is 24.1 Å². The van der Waals surface area contributed by atoms with Gasteiger partial charge >= 0.3 is 5.97 Å². The van der Waals surface area contributed by atoms with Crippen LogP contribution in [0.5, 0.6) is 0 Å². The van der Waals surface area contributed by atoms with Crippen molar-refractivity contribution in [1.29, 1.82) is 0 Å². The van der Waals surface area contributed by atoms with Gasteiger partial charge in [0.2, 0.25) is 0 Å². The summed E-state index contributed by atoms with van der Waals surface area (Å²) in [5.74, 6) is -0.578. The minimum absolute atomic E-state index is 0.107. The van der Waals surface area contributed by atoms with Gasteiger partial charge in [-0.2, -0.15) is 0 Å². The Hall–Kier alpha value is -2.48. The van der Waals surface area contributed by atoms with Crippen LogP contribution < -0.4 is 10.2 Å². The number of benzene rings is 1. The Bertz CT molecular complexity index is 626. The van der Waals surface area contributed by atoms with Gasteiger partial charge in [-0.25, -0.2) is 0 Å². The average Bonchev–Trinajstić information content (AvgIpc) is 2.60. The minimum Gasteiger partial charge on any atom is -0.469 e. The molecule has 0 bridgehead atoms. The quantitative estimate of drug-likeness (QED) is 0.460. The molecule has 0 saturated carbocycles. The Morgan fingerprint density at radius 2 is 1.96 bits per heavy atom. The smallest absolute Gasteiger partial charge is 0.309 e. The van der Waals surface area contributed by atoms with E-state index in [-0.39, 0.29) is 35.2 Å². The zero-order chi connectivity index (χ0) is 17.7. The summed E-state index contributed by atoms with van der Waals surface area (Å²) in [4.78, 5) is 35.5. The van der Waals surface area contributed by atoms with Crippen molar-refractivity contribution in [2.24, 2.45) is 5.92 Å². The Kier molecular flexibility index (Phi) is 5.86. The molecule has 0 aromatic heterocycles. The van der Waals surface area contributed by atoms with Crippen molar-refractivity contribution >= 4 is 23.3 Å². The highest BCUT2D eigenvalue weighted by Gasteiger charge is 2.33. The first kappa shape index (κ1) is 17.9. The van der Waals surface area contributed by atoms with E-state index in [1.807, 2.05) is 0 Å². The Morgan fingerprint density at radius 3 is 2.54 bits per heavy atom. The van der Waals surface area contributed by atoms with Gasteiger partial charge in [0.05, 0.1) is 31.0 Å². The summed E-state index contributed by atoms with van der Waals surface area (Å²) >= 11 is 0. The Balaban J connectivity index is 1.96. The number of esters is 1. The van der Waals surface area contributed by atoms with Crippen LogP contribution in [0.2, 0.25) is 0 Å². The normalized spacial score (nSPS) is 21.6. The highest BCUT2D eigenvalue weighted by Crippen LogP contribution is 2.23. The molecule has 8 nitrogen and oxygen atoms in total. The van der Waals surface area contributed by atoms with Crippen molar-refractivity contribution in [3.63, 3.8) is 0 Å². The van der Waals surface area contributed by atoms with E-state index in [0.717, 1.165) is 4.90 Å². The van der Waals surface area contributed by atoms with Crippen LogP contribution in [0.4, 0.5) is 11.4 Å². The predicted octanol–water partition coefficient (Wildman–Crippen LogP) is 0.390. The highest BCUT2D eigenvalue weighted by molar-refractivity contribution is 5.95. The van der Waals surface area contributed by atoms with Crippen LogP contribution in [-0.2, 0) is 14.3 Å². The molecule has 0 aliphatic carbocycles. The topological polar surface area (TPSA) is 103 Å². The number of piperidine rings is 1. The molecule has 1 aliphatic heterocycles. The lowest BCUT2D eigenvalue weighted by Crippen LogP contribution is -3.17. The molecular weight excluding hydrogens is 314 g/mol. The van der Waals surface area contributed by atoms with Gasteiger partial charge in [0.1, 0.15) is 5.69 Å². The number of likely N-dealkylation sites (tertiary alicyclic amines) is 1. The number of hydrogen-bond acceptors (Lipinski definition) is 5. The Morgan fingerprint density at radius 1 is 1.33 bits per heavy atom. The summed E-state index contributed by atoms with van der Waals surface area (Å²) in [5.41, 5.74) is 0.0700. The van der Waals surface area contributed by atoms with Crippen molar-refractivity contribution in [1.82, 2.24) is 0 Å². The largest absolute Gasteiger partial charge is 0.469 e. The second-order valence-electron chi connectivity index (χ2n) is 5.94. The molecule has 1 aromatic rings. The molecule has 1 aromatic carbocycles. The number of nitrogens with one attached hydrogen (secondary N) is 2. The first-order valence-electron chi connectivity index (χ1n) is 7.90. The van der Waals surface area contributed by atoms with Crippen LogP contribution in [0.1, 0.15) is 19.8 Å². The molecule has 24 heavy (non-hydrogen) atoms. The van der Waals surface area contributed by atoms with E-state index in [1.165, 1.54) is 19.2 Å². The van der Waals surface area contributed by atoms with Gasteiger partial charge in [0.15, 0.2) is 6.04 Å². The standard InChI is InChI=1S/C16H21N3O5/c1-11(18-9-7-12(8-10-18)16(21)24-2)15(20)17-13-5-3-4-6-14(13)19(22)23/h3-6,11-12H,7-10H2,1-2H3,(H,17,20)/p+1/t11-/m1/s1. The van der Waals surface area contributed by atoms with Gasteiger partial charge in [0, 0.05) is 18.9 Å². The molecule has 1 atom stereocenters. The summed E-state index contributed by atoms with van der Waals surface area (Å²) in [6.07, 6.45) is 1.34. The fourth-order valence-electron chi connectivity index (χ4n) is 2.99. The summed E-state index contributed by atoms with van der Waals surface area (Å²) in [6.45, 7) is 3.16. The maximum Gasteiger partial charge on any atom is 0.309 e. The molecule has 0 radical (unpaired) electrons. The SMILES string of the molecule is COC(=O)C1CC[NH+]([C@H](C)C(=O)Nc2ccccc2[N+](=O)[O-])CC1. The number of amides is 1. The van der Waals surface area contributed by atoms with E-state index in [1.54, 1.807) is 19.1 Å². The molecule has 1 amide bonds. The van der Waals surface area contributed by atoms with Gasteiger partial charge in [-0.15, -0.1) is 0 Å². The lowest BCUT2D eigenvalue weighted by molar-refractivity contribution is -0.919. The molecule has 1 aliphatic rings. The molecule has 0 unspecified atom stereocenters. The molecule has 1 heterocycles. The number of nitro groups is 1. The molecule has 2 rings (SSSR count). The van der Waals surface area contributed by atoms with Crippen LogP contribution in [0.3, 0.4) is 0 Å². The van der Waals surface area contributed by atoms with E-state index < -0.39 is 4.92 Å². The van der Waals surface area contributed by atoms with Gasteiger partial charge in [-0.05, 0) is 13.0 Å². The second-order valence-corrected chi connectivity index (χ2v) is 5.94. The van der Waals surface area contributed by atoms with E-state index in [2.05, 4.69) is 5.32 Å². The van der Waals surface area contributed by atoms with Crippen molar-refractivity contribution in [3.8, 4) is 0 Å². The number of hydrogen-bond donors (Lipinski definition) is 2. The van der Waals surface area contributed by atoms with E-state index in [9.17, 15) is 19.7 Å². The molecular formula is C16H22N3O5+. The third-order valence-electron chi connectivity index (χ3n) is 4.53. The maximum absolute atomic E-state index is 12.4. The minimum atomic E-state index is -0.519. The highest BCUT2D eigenvalue weighted by atomic mass is 16.6. The number of rotatable bonds is 5. The third-order valence-corrected chi connectivity index (χ3v) is 4.53. The van der Waals surface area contributed by atoms with Crippen molar-refractivity contribution in [2.45, 2.75) is 25.8 Å². The average molecular weight is 336 g/mol. The number of methoxy groups -OCH3 is 1. The van der Waals surface area contributed by atoms with E-state index in [4.69, 9.17) is 4.74 Å². The monoisotopic (exact) mass is 336 g/mol. The van der Waals surface area contributed by atoms with Crippen LogP contribution in [0.15, 0.2) is 24.3 Å². The summed E-state index contributed by atoms with van der Waals surface area (Å²) in [5, 5.41) is 13.6. The molecule has 1 fully saturated rings. The van der Waals surface area contributed by atoms with Crippen LogP contribution >= 0.6 is 0 Å². The molecule has 2 N–H and O–H groups in total. The van der Waals surface area contributed by atoms with Gasteiger partial charge in [0.25, 0.3) is 11.6 Å². The first-order chi connectivity index (χ1) is 11.4. The summed E-state index contributed by atoms with van der Waals surface area (Å²) in [7, 11) is 1.38. The predicted molar refractivity (Wildman–Crippen MR) is 86.6 cm³/mol. The third kappa shape index (κ3) is 4.08. The van der Waals surface area contributed by atoms with Gasteiger partial charge in [-0.1, -0.05) is 12.1 Å². The van der Waals surface area contributed by atoms with Crippen LogP contribution in [0, 0.1) is 16.0 Å². The zero-order valence-electron chi connectivity index (χ0n) is 13.8. The fraction of sp³-hybridized carbons (Fsp3) is 0.500. The number of nitrogens with zero attached hydrogens (tertiary/aromatic N) is 1. The maximum atomic E-state index is 12.4. The van der Waals surface area contributed by atoms with Crippen molar-refractivity contribution in [3.05, 3.63) is 34.4 Å². The Labute approximate surface area is 139 Å². The van der Waals surface area contributed by atoms with Gasteiger partial charge in [-0.3, -0.25) is 19.7 Å². The van der Waals surface area contributed by atoms with Crippen LogP contribution in [-0.4, -0.2) is 43.0 Å². The summed E-state index contributed by atoms with van der Waals surface area (Å²) < 4.78 is 4.76. The van der Waals surface area contributed by atoms with Crippen molar-refractivity contribution in [2.75, 3.05) is 25.5 Å². The number of para-hydroxylation sites is 2. The van der Waals surface area contributed by atoms with E-state index in [0.29, 0.717) is 25.9 Å². The summed E-state index contributed by atoms with van der Waals surface area (Å²) in [6, 6.07) is 5.71. The molecule has 8 heteroatoms. The number of carbonyl (C=O) groups is 2. The molecule has 130 valence electrons. The first-order valence-corrected chi connectivity index (χ1v) is 7.90. The number of ether oxygens (including phenoxy) is 1. The number of carbonyl (C=O) groups excluding carboxylic acids is 2. The zero-order valence-corrected chi connectivity index (χ0v) is 13.8. The van der Waals surface area contributed by atoms with Gasteiger partial charge < -0.3 is 15.0 Å². The lowest BCUT2D eigenvalue weighted by atomic mass is 9.96. The van der Waals surface area contributed by atoms with E-state index >= 15 is 0 Å². The number of quaternary nitrogens is 1. The molecule has 0 spiro atoms. The molecule has 1 saturated heterocycles. The number of anilines is 1. The fourth-order valence-corrected chi connectivity index (χ4v) is 2.99. The number of nitro benzene ring substituents is 1. The lowest BCUT2D eigenvalue weighted by Gasteiger charge is -2.31. The van der Waals surface area contributed by atoms with Crippen LogP contribution in [0.25, 0.3) is 0 Å². The second kappa shape index (κ2) is 7.87.